The maximum atomic E-state index is 12.1. The summed E-state index contributed by atoms with van der Waals surface area (Å²) in [6.45, 7) is 1.03. The van der Waals surface area contributed by atoms with Crippen LogP contribution in [-0.4, -0.2) is 36.7 Å². The van der Waals surface area contributed by atoms with Crippen LogP contribution in [0, 0.1) is 0 Å². The Morgan fingerprint density at radius 2 is 1.91 bits per heavy atom. The zero-order chi connectivity index (χ0) is 16.7. The molecule has 5 heteroatoms. The number of phenolic OH excluding ortho intramolecular Hbond substituents is 1. The van der Waals surface area contributed by atoms with Crippen molar-refractivity contribution in [3.05, 3.63) is 59.7 Å². The van der Waals surface area contributed by atoms with E-state index in [0.29, 0.717) is 19.5 Å². The van der Waals surface area contributed by atoms with E-state index in [9.17, 15) is 9.90 Å². The van der Waals surface area contributed by atoms with Gasteiger partial charge < -0.3 is 20.1 Å². The molecule has 0 bridgehead atoms. The number of benzene rings is 2. The van der Waals surface area contributed by atoms with Gasteiger partial charge in [0.25, 0.3) is 0 Å². The maximum absolute atomic E-state index is 12.1. The summed E-state index contributed by atoms with van der Waals surface area (Å²) in [4.78, 5) is 13.7. The summed E-state index contributed by atoms with van der Waals surface area (Å²) in [6.07, 6.45) is 0.674. The quantitative estimate of drug-likeness (QED) is 0.862. The Bertz CT molecular complexity index is 658. The van der Waals surface area contributed by atoms with Crippen LogP contribution >= 0.6 is 0 Å². The molecule has 122 valence electrons. The molecule has 0 radical (unpaired) electrons. The first-order valence-corrected chi connectivity index (χ1v) is 7.48. The minimum Gasteiger partial charge on any atom is -0.508 e. The number of phenols is 1. The standard InChI is InChI=1S/C18H22N2O3/c1-20(13-15-6-4-8-17(12-15)23-2)18(22)19-10-9-14-5-3-7-16(21)11-14/h3-8,11-12,21H,9-10,13H2,1-2H3,(H,19,22). The van der Waals surface area contributed by atoms with E-state index in [1.807, 2.05) is 30.3 Å². The third kappa shape index (κ3) is 5.21. The molecule has 2 aromatic carbocycles. The average Bonchev–Trinajstić information content (AvgIpc) is 2.55. The predicted octanol–water partition coefficient (Wildman–Crippen LogP) is 2.78. The van der Waals surface area contributed by atoms with Gasteiger partial charge >= 0.3 is 6.03 Å². The fraction of sp³-hybridized carbons (Fsp3) is 0.278. The normalized spacial score (nSPS) is 10.2. The fourth-order valence-electron chi connectivity index (χ4n) is 2.28. The molecule has 2 rings (SSSR count). The minimum atomic E-state index is -0.132. The van der Waals surface area contributed by atoms with E-state index in [1.165, 1.54) is 0 Å². The van der Waals surface area contributed by atoms with Gasteiger partial charge in [-0.2, -0.15) is 0 Å². The highest BCUT2D eigenvalue weighted by atomic mass is 16.5. The lowest BCUT2D eigenvalue weighted by Crippen LogP contribution is -2.37. The molecule has 0 heterocycles. The highest BCUT2D eigenvalue weighted by molar-refractivity contribution is 5.73. The zero-order valence-corrected chi connectivity index (χ0v) is 13.5. The second-order valence-corrected chi connectivity index (χ2v) is 5.36. The third-order valence-corrected chi connectivity index (χ3v) is 3.50. The second kappa shape index (κ2) is 8.08. The van der Waals surface area contributed by atoms with Gasteiger partial charge in [0.2, 0.25) is 0 Å². The lowest BCUT2D eigenvalue weighted by molar-refractivity contribution is 0.207. The van der Waals surface area contributed by atoms with Gasteiger partial charge in [-0.3, -0.25) is 0 Å². The Morgan fingerprint density at radius 1 is 1.17 bits per heavy atom. The molecule has 0 saturated heterocycles. The molecule has 0 aliphatic heterocycles. The van der Waals surface area contributed by atoms with Crippen LogP contribution in [-0.2, 0) is 13.0 Å². The van der Waals surface area contributed by atoms with Crippen molar-refractivity contribution in [3.8, 4) is 11.5 Å². The van der Waals surface area contributed by atoms with Crippen molar-refractivity contribution in [1.29, 1.82) is 0 Å². The van der Waals surface area contributed by atoms with E-state index in [2.05, 4.69) is 5.32 Å². The first-order chi connectivity index (χ1) is 11.1. The number of carbonyl (C=O) groups excluding carboxylic acids is 1. The van der Waals surface area contributed by atoms with Crippen LogP contribution in [0.3, 0.4) is 0 Å². The summed E-state index contributed by atoms with van der Waals surface area (Å²) < 4.78 is 5.18. The van der Waals surface area contributed by atoms with Crippen LogP contribution in [0.15, 0.2) is 48.5 Å². The van der Waals surface area contributed by atoms with Gasteiger partial charge in [0, 0.05) is 20.1 Å². The van der Waals surface area contributed by atoms with Gasteiger partial charge in [0.15, 0.2) is 0 Å². The number of nitrogens with zero attached hydrogens (tertiary/aromatic N) is 1. The summed E-state index contributed by atoms with van der Waals surface area (Å²) >= 11 is 0. The molecule has 2 N–H and O–H groups in total. The first kappa shape index (κ1) is 16.7. The SMILES string of the molecule is COc1cccc(CN(C)C(=O)NCCc2cccc(O)c2)c1. The smallest absolute Gasteiger partial charge is 0.317 e. The number of urea groups is 1. The Kier molecular flexibility index (Phi) is 5.86. The maximum Gasteiger partial charge on any atom is 0.317 e. The van der Waals surface area contributed by atoms with Crippen molar-refractivity contribution in [2.75, 3.05) is 20.7 Å². The van der Waals surface area contributed by atoms with Crippen molar-refractivity contribution in [2.45, 2.75) is 13.0 Å². The number of ether oxygens (including phenoxy) is 1. The lowest BCUT2D eigenvalue weighted by Gasteiger charge is -2.18. The Labute approximate surface area is 136 Å². The number of hydrogen-bond donors (Lipinski definition) is 2. The number of amides is 2. The number of nitrogens with one attached hydrogen (secondary N) is 1. The molecule has 0 spiro atoms. The topological polar surface area (TPSA) is 61.8 Å². The van der Waals surface area contributed by atoms with E-state index in [1.54, 1.807) is 37.3 Å². The molecule has 0 aliphatic carbocycles. The highest BCUT2D eigenvalue weighted by Crippen LogP contribution is 2.14. The number of methoxy groups -OCH3 is 1. The molecule has 0 fully saturated rings. The lowest BCUT2D eigenvalue weighted by atomic mass is 10.1. The molecule has 0 aromatic heterocycles. The van der Waals surface area contributed by atoms with E-state index < -0.39 is 0 Å². The molecule has 0 unspecified atom stereocenters. The van der Waals surface area contributed by atoms with Crippen molar-refractivity contribution in [1.82, 2.24) is 10.2 Å². The van der Waals surface area contributed by atoms with E-state index in [0.717, 1.165) is 16.9 Å². The van der Waals surface area contributed by atoms with Gasteiger partial charge in [0.05, 0.1) is 7.11 Å². The van der Waals surface area contributed by atoms with Crippen LogP contribution < -0.4 is 10.1 Å². The Morgan fingerprint density at radius 3 is 2.65 bits per heavy atom. The molecule has 0 aliphatic rings. The molecule has 0 atom stereocenters. The largest absolute Gasteiger partial charge is 0.508 e. The van der Waals surface area contributed by atoms with Crippen LogP contribution in [0.5, 0.6) is 11.5 Å². The highest BCUT2D eigenvalue weighted by Gasteiger charge is 2.09. The minimum absolute atomic E-state index is 0.132. The van der Waals surface area contributed by atoms with Crippen molar-refractivity contribution >= 4 is 6.03 Å². The Hall–Kier alpha value is -2.69. The van der Waals surface area contributed by atoms with Crippen molar-refractivity contribution < 1.29 is 14.6 Å². The molecular weight excluding hydrogens is 292 g/mol. The number of aromatic hydroxyl groups is 1. The molecular formula is C18H22N2O3. The molecule has 2 amide bonds. The predicted molar refractivity (Wildman–Crippen MR) is 89.7 cm³/mol. The van der Waals surface area contributed by atoms with Crippen molar-refractivity contribution in [3.63, 3.8) is 0 Å². The monoisotopic (exact) mass is 314 g/mol. The zero-order valence-electron chi connectivity index (χ0n) is 13.5. The summed E-state index contributed by atoms with van der Waals surface area (Å²) in [5.74, 6) is 1.02. The summed E-state index contributed by atoms with van der Waals surface area (Å²) in [7, 11) is 3.38. The Balaban J connectivity index is 1.80. The number of carbonyl (C=O) groups is 1. The van der Waals surface area contributed by atoms with Gasteiger partial charge in [-0.05, 0) is 41.8 Å². The van der Waals surface area contributed by atoms with Gasteiger partial charge in [-0.15, -0.1) is 0 Å². The summed E-state index contributed by atoms with van der Waals surface area (Å²) in [5, 5.41) is 12.3. The summed E-state index contributed by atoms with van der Waals surface area (Å²) in [5.41, 5.74) is 2.00. The summed E-state index contributed by atoms with van der Waals surface area (Å²) in [6, 6.07) is 14.6. The first-order valence-electron chi connectivity index (χ1n) is 7.48. The fourth-order valence-corrected chi connectivity index (χ4v) is 2.28. The molecule has 0 saturated carbocycles. The van der Waals surface area contributed by atoms with E-state index in [-0.39, 0.29) is 11.8 Å². The third-order valence-electron chi connectivity index (χ3n) is 3.50. The van der Waals surface area contributed by atoms with E-state index in [4.69, 9.17) is 4.74 Å². The van der Waals surface area contributed by atoms with Crippen LogP contribution in [0.4, 0.5) is 4.79 Å². The average molecular weight is 314 g/mol. The molecule has 2 aromatic rings. The number of hydrogen-bond acceptors (Lipinski definition) is 3. The van der Waals surface area contributed by atoms with Crippen molar-refractivity contribution in [2.24, 2.45) is 0 Å². The molecule has 23 heavy (non-hydrogen) atoms. The van der Waals surface area contributed by atoms with E-state index >= 15 is 0 Å². The number of rotatable bonds is 6. The van der Waals surface area contributed by atoms with Gasteiger partial charge in [-0.25, -0.2) is 4.79 Å². The second-order valence-electron chi connectivity index (χ2n) is 5.36. The van der Waals surface area contributed by atoms with Crippen LogP contribution in [0.1, 0.15) is 11.1 Å². The molecule has 5 nitrogen and oxygen atoms in total. The van der Waals surface area contributed by atoms with Crippen LogP contribution in [0.25, 0.3) is 0 Å². The van der Waals surface area contributed by atoms with Gasteiger partial charge in [0.1, 0.15) is 11.5 Å². The van der Waals surface area contributed by atoms with Crippen LogP contribution in [0.2, 0.25) is 0 Å². The van der Waals surface area contributed by atoms with Gasteiger partial charge in [-0.1, -0.05) is 24.3 Å².